The van der Waals surface area contributed by atoms with Crippen LogP contribution in [0.2, 0.25) is 10.6 Å². The Kier molecular flexibility index (Phi) is 2.80. The topological polar surface area (TPSA) is 0 Å². The Bertz CT molecular complexity index is 421. The summed E-state index contributed by atoms with van der Waals surface area (Å²) in [6.45, 7) is 0. The molecule has 0 saturated heterocycles. The summed E-state index contributed by atoms with van der Waals surface area (Å²) < 4.78 is 0. The molecule has 15 heavy (non-hydrogen) atoms. The molecule has 2 aromatic heterocycles. The first-order valence-electron chi connectivity index (χ1n) is 4.82. The van der Waals surface area contributed by atoms with Crippen LogP contribution >= 0.6 is 22.7 Å². The molecule has 0 aromatic carbocycles. The Morgan fingerprint density at radius 3 is 1.80 bits per heavy atom. The van der Waals surface area contributed by atoms with Crippen molar-refractivity contribution < 1.29 is 0 Å². The standard InChI is InChI=1S/C12H10S2Se/c1-3-11(13-5-1)9-7-15-8-10(9)12-4-2-6-14-12/h1-6H,7-8H2. The molecule has 0 N–H and O–H groups in total. The Hall–Kier alpha value is -0.341. The second-order valence-corrected chi connectivity index (χ2v) is 7.37. The molecule has 0 saturated carbocycles. The van der Waals surface area contributed by atoms with Gasteiger partial charge in [-0.2, -0.15) is 0 Å². The summed E-state index contributed by atoms with van der Waals surface area (Å²) in [7, 11) is 0. The van der Waals surface area contributed by atoms with Gasteiger partial charge in [0.1, 0.15) is 0 Å². The number of rotatable bonds is 2. The van der Waals surface area contributed by atoms with Crippen LogP contribution in [0.1, 0.15) is 9.75 Å². The van der Waals surface area contributed by atoms with E-state index in [0.29, 0.717) is 0 Å². The van der Waals surface area contributed by atoms with E-state index in [1.165, 1.54) is 20.4 Å². The van der Waals surface area contributed by atoms with Crippen molar-refractivity contribution in [1.82, 2.24) is 0 Å². The third-order valence-electron chi connectivity index (χ3n) is 2.49. The van der Waals surface area contributed by atoms with E-state index in [4.69, 9.17) is 0 Å². The van der Waals surface area contributed by atoms with Gasteiger partial charge in [0.05, 0.1) is 0 Å². The van der Waals surface area contributed by atoms with Crippen molar-refractivity contribution in [3.05, 3.63) is 44.8 Å². The van der Waals surface area contributed by atoms with Crippen LogP contribution in [0.3, 0.4) is 0 Å². The van der Waals surface area contributed by atoms with Crippen LogP contribution in [0.4, 0.5) is 0 Å². The predicted octanol–water partition coefficient (Wildman–Crippen LogP) is 4.27. The van der Waals surface area contributed by atoms with Gasteiger partial charge in [-0.3, -0.25) is 0 Å². The maximum absolute atomic E-state index is 2.26. The fourth-order valence-electron chi connectivity index (χ4n) is 1.77. The summed E-state index contributed by atoms with van der Waals surface area (Å²) in [5.74, 6) is 0. The summed E-state index contributed by atoms with van der Waals surface area (Å²) in [5.41, 5.74) is 3.24. The summed E-state index contributed by atoms with van der Waals surface area (Å²) in [5, 5.41) is 7.00. The molecule has 0 spiro atoms. The molecule has 0 nitrogen and oxygen atoms in total. The van der Waals surface area contributed by atoms with Gasteiger partial charge in [-0.15, -0.1) is 0 Å². The van der Waals surface area contributed by atoms with Gasteiger partial charge in [0.15, 0.2) is 0 Å². The average Bonchev–Trinajstić information content (AvgIpc) is 3.01. The maximum atomic E-state index is 2.26. The van der Waals surface area contributed by atoms with E-state index in [1.807, 2.05) is 22.7 Å². The van der Waals surface area contributed by atoms with Gasteiger partial charge in [0.25, 0.3) is 0 Å². The second kappa shape index (κ2) is 4.26. The van der Waals surface area contributed by atoms with Crippen LogP contribution < -0.4 is 0 Å². The van der Waals surface area contributed by atoms with E-state index in [9.17, 15) is 0 Å². The first-order chi connectivity index (χ1) is 7.45. The van der Waals surface area contributed by atoms with Crippen LogP contribution in [0, 0.1) is 0 Å². The van der Waals surface area contributed by atoms with E-state index in [2.05, 4.69) is 35.0 Å². The Balaban J connectivity index is 2.09. The monoisotopic (exact) mass is 298 g/mol. The van der Waals surface area contributed by atoms with Crippen molar-refractivity contribution >= 4 is 48.8 Å². The first kappa shape index (κ1) is 9.86. The van der Waals surface area contributed by atoms with Crippen LogP contribution in [0.15, 0.2) is 35.0 Å². The zero-order chi connectivity index (χ0) is 10.1. The molecule has 0 amide bonds. The normalized spacial score (nSPS) is 16.3. The van der Waals surface area contributed by atoms with Crippen molar-refractivity contribution in [2.75, 3.05) is 0 Å². The predicted molar refractivity (Wildman–Crippen MR) is 70.8 cm³/mol. The molecular weight excluding hydrogens is 287 g/mol. The van der Waals surface area contributed by atoms with Crippen molar-refractivity contribution in [3.8, 4) is 0 Å². The summed E-state index contributed by atoms with van der Waals surface area (Å²) >= 11 is 4.55. The fourth-order valence-corrected chi connectivity index (χ4v) is 6.23. The third-order valence-corrected chi connectivity index (χ3v) is 6.42. The minimum atomic E-state index is 0.790. The molecule has 2 aromatic rings. The molecular formula is C12H10S2Se. The van der Waals surface area contributed by atoms with Gasteiger partial charge in [-0.1, -0.05) is 0 Å². The van der Waals surface area contributed by atoms with Crippen LogP contribution in [-0.2, 0) is 0 Å². The van der Waals surface area contributed by atoms with Gasteiger partial charge < -0.3 is 0 Å². The van der Waals surface area contributed by atoms with Crippen LogP contribution in [0.25, 0.3) is 11.1 Å². The zero-order valence-electron chi connectivity index (χ0n) is 8.10. The molecule has 0 bridgehead atoms. The quantitative estimate of drug-likeness (QED) is 0.726. The van der Waals surface area contributed by atoms with Crippen molar-refractivity contribution in [2.24, 2.45) is 0 Å². The molecule has 1 aliphatic rings. The van der Waals surface area contributed by atoms with Crippen LogP contribution in [-0.4, -0.2) is 15.0 Å². The van der Waals surface area contributed by atoms with Gasteiger partial charge >= 0.3 is 104 Å². The second-order valence-electron chi connectivity index (χ2n) is 3.40. The van der Waals surface area contributed by atoms with Crippen LogP contribution in [0.5, 0.6) is 0 Å². The zero-order valence-corrected chi connectivity index (χ0v) is 11.4. The van der Waals surface area contributed by atoms with Gasteiger partial charge in [0, 0.05) is 0 Å². The Morgan fingerprint density at radius 1 is 0.867 bits per heavy atom. The molecule has 3 heteroatoms. The molecule has 3 rings (SSSR count). The Morgan fingerprint density at radius 2 is 1.40 bits per heavy atom. The van der Waals surface area contributed by atoms with E-state index >= 15 is 0 Å². The molecule has 0 unspecified atom stereocenters. The number of hydrogen-bond acceptors (Lipinski definition) is 2. The molecule has 0 radical (unpaired) electrons. The van der Waals surface area contributed by atoms with E-state index in [0.717, 1.165) is 15.0 Å². The Labute approximate surface area is 104 Å². The molecule has 76 valence electrons. The van der Waals surface area contributed by atoms with Gasteiger partial charge in [0.2, 0.25) is 0 Å². The average molecular weight is 297 g/mol. The summed E-state index contributed by atoms with van der Waals surface area (Å²) in [4.78, 5) is 2.97. The number of hydrogen-bond donors (Lipinski definition) is 0. The fraction of sp³-hybridized carbons (Fsp3) is 0.167. The van der Waals surface area contributed by atoms with Gasteiger partial charge in [-0.25, -0.2) is 0 Å². The third kappa shape index (κ3) is 1.85. The van der Waals surface area contributed by atoms with Crippen molar-refractivity contribution in [3.63, 3.8) is 0 Å². The number of thiophene rings is 2. The van der Waals surface area contributed by atoms with E-state index in [1.54, 1.807) is 11.1 Å². The van der Waals surface area contributed by atoms with E-state index < -0.39 is 0 Å². The number of allylic oxidation sites excluding steroid dienone is 2. The molecule has 0 atom stereocenters. The van der Waals surface area contributed by atoms with E-state index in [-0.39, 0.29) is 0 Å². The molecule has 0 aliphatic carbocycles. The molecule has 0 fully saturated rings. The molecule has 3 heterocycles. The minimum absolute atomic E-state index is 0.790. The summed E-state index contributed by atoms with van der Waals surface area (Å²) in [6, 6.07) is 8.83. The van der Waals surface area contributed by atoms with Crippen molar-refractivity contribution in [1.29, 1.82) is 0 Å². The molecule has 1 aliphatic heterocycles. The first-order valence-corrected chi connectivity index (χ1v) is 9.01. The van der Waals surface area contributed by atoms with Gasteiger partial charge in [-0.05, 0) is 0 Å². The summed E-state index contributed by atoms with van der Waals surface area (Å²) in [6.07, 6.45) is 0. The SMILES string of the molecule is c1csc(C2=C(c3cccs3)C[Se]C2)c1. The van der Waals surface area contributed by atoms with Crippen molar-refractivity contribution in [2.45, 2.75) is 10.6 Å².